The van der Waals surface area contributed by atoms with E-state index < -0.39 is 36.0 Å². The summed E-state index contributed by atoms with van der Waals surface area (Å²) in [4.78, 5) is 28.1. The number of fused-ring (bicyclic) bond motifs is 3. The molecule has 1 saturated heterocycles. The lowest BCUT2D eigenvalue weighted by Crippen LogP contribution is -2.58. The molecule has 2 aromatic rings. The smallest absolute Gasteiger partial charge is 0.368 e. The number of halogens is 3. The molecular weight excluding hydrogens is 517 g/mol. The van der Waals surface area contributed by atoms with Gasteiger partial charge in [0.1, 0.15) is 18.0 Å². The van der Waals surface area contributed by atoms with Crippen molar-refractivity contribution >= 4 is 11.8 Å². The van der Waals surface area contributed by atoms with E-state index in [2.05, 4.69) is 15.5 Å². The molecule has 3 aliphatic rings. The van der Waals surface area contributed by atoms with Crippen molar-refractivity contribution in [2.24, 2.45) is 5.73 Å². The van der Waals surface area contributed by atoms with E-state index in [1.165, 1.54) is 0 Å². The molecule has 0 radical (unpaired) electrons. The molecule has 4 N–H and O–H groups in total. The number of rotatable bonds is 9. The standard InChI is InChI=1S/C31H35F3N4O2/c32-31(33,34)21-37-28(40)30(24-11-3-1-9-22(24)23-10-2-4-12-25(23)30)15-7-6-14-29(16-18-36-19-17-29)38-20-8-5-13-26(38)27(35)39/h1-5,8-13,20,26,36H,6-7,14-19,21H2,(H2,35,39)(H,37,40). The number of nitrogens with zero attached hydrogens (tertiary/aromatic N) is 1. The average molecular weight is 553 g/mol. The largest absolute Gasteiger partial charge is 0.405 e. The molecule has 9 heteroatoms. The van der Waals surface area contributed by atoms with Crippen LogP contribution in [0.4, 0.5) is 13.2 Å². The van der Waals surface area contributed by atoms with Crippen LogP contribution in [0.5, 0.6) is 0 Å². The molecule has 2 aliphatic heterocycles. The minimum atomic E-state index is -4.51. The van der Waals surface area contributed by atoms with Crippen molar-refractivity contribution in [1.29, 1.82) is 0 Å². The first kappa shape index (κ1) is 28.0. The predicted molar refractivity (Wildman–Crippen MR) is 148 cm³/mol. The third kappa shape index (κ3) is 5.14. The molecule has 0 saturated carbocycles. The number of nitrogens with two attached hydrogens (primary N) is 1. The Morgan fingerprint density at radius 2 is 1.55 bits per heavy atom. The molecule has 2 aromatic carbocycles. The zero-order chi connectivity index (χ0) is 28.4. The second-order valence-corrected chi connectivity index (χ2v) is 11.0. The van der Waals surface area contributed by atoms with Crippen LogP contribution >= 0.6 is 0 Å². The summed E-state index contributed by atoms with van der Waals surface area (Å²) in [5, 5.41) is 5.60. The summed E-state index contributed by atoms with van der Waals surface area (Å²) in [5.74, 6) is -1.03. The second kappa shape index (κ2) is 11.1. The lowest BCUT2D eigenvalue weighted by molar-refractivity contribution is -0.141. The molecule has 1 aliphatic carbocycles. The Morgan fingerprint density at radius 3 is 2.15 bits per heavy atom. The van der Waals surface area contributed by atoms with Gasteiger partial charge in [-0.2, -0.15) is 13.2 Å². The number of amides is 2. The highest BCUT2D eigenvalue weighted by molar-refractivity contribution is 6.00. The van der Waals surface area contributed by atoms with E-state index in [9.17, 15) is 22.8 Å². The number of alkyl halides is 3. The highest BCUT2D eigenvalue weighted by Crippen LogP contribution is 2.52. The SMILES string of the molecule is NC(=O)C1C=CC=CN1C1(CCCCC2(C(=O)NCC(F)(F)F)c3ccccc3-c3ccccc32)CCNCC1. The van der Waals surface area contributed by atoms with Crippen molar-refractivity contribution in [3.05, 3.63) is 84.1 Å². The van der Waals surface area contributed by atoms with Crippen molar-refractivity contribution in [3.8, 4) is 11.1 Å². The Morgan fingerprint density at radius 1 is 0.950 bits per heavy atom. The van der Waals surface area contributed by atoms with Crippen LogP contribution in [-0.4, -0.2) is 54.1 Å². The first-order valence-corrected chi connectivity index (χ1v) is 13.9. The molecule has 2 heterocycles. The first-order chi connectivity index (χ1) is 19.2. The summed E-state index contributed by atoms with van der Waals surface area (Å²) in [7, 11) is 0. The van der Waals surface area contributed by atoms with Gasteiger partial charge in [-0.25, -0.2) is 0 Å². The molecule has 1 fully saturated rings. The second-order valence-electron chi connectivity index (χ2n) is 11.0. The van der Waals surface area contributed by atoms with Crippen LogP contribution < -0.4 is 16.4 Å². The molecule has 212 valence electrons. The van der Waals surface area contributed by atoms with Crippen LogP contribution in [-0.2, 0) is 15.0 Å². The molecular formula is C31H35F3N4O2. The molecule has 2 amide bonds. The molecule has 1 atom stereocenters. The number of allylic oxidation sites excluding steroid dienone is 2. The van der Waals surface area contributed by atoms with E-state index in [1.807, 2.05) is 73.0 Å². The van der Waals surface area contributed by atoms with Crippen LogP contribution in [0.3, 0.4) is 0 Å². The Hall–Kier alpha value is -3.59. The van der Waals surface area contributed by atoms with E-state index >= 15 is 0 Å². The topological polar surface area (TPSA) is 87.5 Å². The lowest BCUT2D eigenvalue weighted by Gasteiger charge is -2.49. The fourth-order valence-electron chi connectivity index (χ4n) is 6.84. The number of benzene rings is 2. The Balaban J connectivity index is 1.42. The van der Waals surface area contributed by atoms with Crippen molar-refractivity contribution in [2.45, 2.75) is 61.7 Å². The van der Waals surface area contributed by atoms with Gasteiger partial charge < -0.3 is 21.3 Å². The number of nitrogens with one attached hydrogen (secondary N) is 2. The quantitative estimate of drug-likeness (QED) is 0.399. The van der Waals surface area contributed by atoms with Gasteiger partial charge in [0.05, 0.1) is 0 Å². The van der Waals surface area contributed by atoms with Crippen LogP contribution in [0, 0.1) is 0 Å². The zero-order valence-electron chi connectivity index (χ0n) is 22.3. The van der Waals surface area contributed by atoms with E-state index in [0.29, 0.717) is 12.8 Å². The highest BCUT2D eigenvalue weighted by Gasteiger charge is 2.49. The maximum atomic E-state index is 13.8. The van der Waals surface area contributed by atoms with Crippen LogP contribution in [0.25, 0.3) is 11.1 Å². The number of unbranched alkanes of at least 4 members (excludes halogenated alkanes) is 1. The lowest BCUT2D eigenvalue weighted by atomic mass is 9.72. The number of carbonyl (C=O) groups excluding carboxylic acids is 2. The van der Waals surface area contributed by atoms with Crippen LogP contribution in [0.15, 0.2) is 73.0 Å². The van der Waals surface area contributed by atoms with Gasteiger partial charge in [-0.15, -0.1) is 0 Å². The normalized spacial score (nSPS) is 20.6. The molecule has 1 unspecified atom stereocenters. The van der Waals surface area contributed by atoms with Gasteiger partial charge in [-0.3, -0.25) is 9.59 Å². The minimum absolute atomic E-state index is 0.288. The van der Waals surface area contributed by atoms with Gasteiger partial charge in [0.2, 0.25) is 11.8 Å². The summed E-state index contributed by atoms with van der Waals surface area (Å²) < 4.78 is 39.5. The van der Waals surface area contributed by atoms with Crippen molar-refractivity contribution in [1.82, 2.24) is 15.5 Å². The van der Waals surface area contributed by atoms with Gasteiger partial charge in [0.15, 0.2) is 0 Å². The summed E-state index contributed by atoms with van der Waals surface area (Å²) >= 11 is 0. The summed E-state index contributed by atoms with van der Waals surface area (Å²) in [6.45, 7) is 0.242. The van der Waals surface area contributed by atoms with Crippen molar-refractivity contribution in [2.75, 3.05) is 19.6 Å². The van der Waals surface area contributed by atoms with Gasteiger partial charge in [0.25, 0.3) is 0 Å². The number of hydrogen-bond acceptors (Lipinski definition) is 4. The molecule has 0 aromatic heterocycles. The fourth-order valence-corrected chi connectivity index (χ4v) is 6.84. The molecule has 40 heavy (non-hydrogen) atoms. The zero-order valence-corrected chi connectivity index (χ0v) is 22.3. The van der Waals surface area contributed by atoms with E-state index in [1.54, 1.807) is 0 Å². The van der Waals surface area contributed by atoms with Crippen molar-refractivity contribution < 1.29 is 22.8 Å². The number of primary amides is 1. The number of hydrogen-bond donors (Lipinski definition) is 3. The monoisotopic (exact) mass is 552 g/mol. The predicted octanol–water partition coefficient (Wildman–Crippen LogP) is 4.55. The van der Waals surface area contributed by atoms with Gasteiger partial charge >= 0.3 is 6.18 Å². The Bertz CT molecular complexity index is 1270. The molecule has 5 rings (SSSR count). The Kier molecular flexibility index (Phi) is 7.77. The Labute approximate surface area is 232 Å². The first-order valence-electron chi connectivity index (χ1n) is 13.9. The summed E-state index contributed by atoms with van der Waals surface area (Å²) in [6, 6.07) is 14.5. The summed E-state index contributed by atoms with van der Waals surface area (Å²) in [5.41, 5.74) is 7.49. The number of carbonyl (C=O) groups is 2. The minimum Gasteiger partial charge on any atom is -0.368 e. The maximum Gasteiger partial charge on any atom is 0.405 e. The maximum absolute atomic E-state index is 13.8. The molecule has 0 spiro atoms. The average Bonchev–Trinajstić information content (AvgIpc) is 3.25. The van der Waals surface area contributed by atoms with Gasteiger partial charge in [-0.1, -0.05) is 73.5 Å². The fraction of sp³-hybridized carbons (Fsp3) is 0.419. The third-order valence-electron chi connectivity index (χ3n) is 8.67. The number of piperidine rings is 1. The molecule has 0 bridgehead atoms. The third-order valence-corrected chi connectivity index (χ3v) is 8.67. The van der Waals surface area contributed by atoms with E-state index in [4.69, 9.17) is 5.73 Å². The van der Waals surface area contributed by atoms with Gasteiger partial charge in [0, 0.05) is 11.7 Å². The summed E-state index contributed by atoms with van der Waals surface area (Å²) in [6.07, 6.45) is 7.14. The van der Waals surface area contributed by atoms with Crippen LogP contribution in [0.1, 0.15) is 49.7 Å². The molecule has 6 nitrogen and oxygen atoms in total. The van der Waals surface area contributed by atoms with E-state index in [-0.39, 0.29) is 5.54 Å². The van der Waals surface area contributed by atoms with Gasteiger partial charge in [-0.05, 0) is 67.1 Å². The van der Waals surface area contributed by atoms with Crippen molar-refractivity contribution in [3.63, 3.8) is 0 Å². The van der Waals surface area contributed by atoms with E-state index in [0.717, 1.165) is 61.0 Å². The van der Waals surface area contributed by atoms with Crippen LogP contribution in [0.2, 0.25) is 0 Å². The highest BCUT2D eigenvalue weighted by atomic mass is 19.4.